The van der Waals surface area contributed by atoms with Gasteiger partial charge in [0.15, 0.2) is 0 Å². The Hall–Kier alpha value is -3.34. The van der Waals surface area contributed by atoms with Crippen LogP contribution in [0.2, 0.25) is 0 Å². The molecule has 32 heavy (non-hydrogen) atoms. The van der Waals surface area contributed by atoms with Gasteiger partial charge in [-0.2, -0.15) is 13.2 Å². The number of halogens is 4. The predicted molar refractivity (Wildman–Crippen MR) is 108 cm³/mol. The van der Waals surface area contributed by atoms with Gasteiger partial charge < -0.3 is 9.32 Å². The number of carbonyl (C=O) groups excluding carboxylic acids is 1. The highest BCUT2D eigenvalue weighted by Gasteiger charge is 2.35. The van der Waals surface area contributed by atoms with Crippen LogP contribution in [0.3, 0.4) is 0 Å². The van der Waals surface area contributed by atoms with Crippen LogP contribution >= 0.6 is 0 Å². The van der Waals surface area contributed by atoms with Crippen LogP contribution in [0.25, 0.3) is 0 Å². The molecule has 0 saturated heterocycles. The predicted octanol–water partition coefficient (Wildman–Crippen LogP) is 4.21. The van der Waals surface area contributed by atoms with E-state index in [2.05, 4.69) is 0 Å². The Balaban J connectivity index is 1.95. The minimum Gasteiger partial charge on any atom is -0.467 e. The van der Waals surface area contributed by atoms with Gasteiger partial charge in [0.05, 0.1) is 23.4 Å². The second-order valence-electron chi connectivity index (χ2n) is 6.75. The molecule has 1 heterocycles. The molecular formula is C21H18F4N2O4S. The van der Waals surface area contributed by atoms with Crippen molar-refractivity contribution >= 4 is 21.6 Å². The van der Waals surface area contributed by atoms with Crippen LogP contribution in [0.15, 0.2) is 82.3 Å². The maximum atomic E-state index is 13.3. The first-order valence-corrected chi connectivity index (χ1v) is 10.7. The van der Waals surface area contributed by atoms with Gasteiger partial charge in [0.25, 0.3) is 10.0 Å². The summed E-state index contributed by atoms with van der Waals surface area (Å²) in [5.41, 5.74) is 0.0649. The number of alkyl halides is 3. The topological polar surface area (TPSA) is 70.8 Å². The van der Waals surface area contributed by atoms with Crippen LogP contribution < -0.4 is 4.31 Å². The zero-order chi connectivity index (χ0) is 23.4. The van der Waals surface area contributed by atoms with E-state index in [1.165, 1.54) is 42.7 Å². The first-order chi connectivity index (χ1) is 15.1. The van der Waals surface area contributed by atoms with Crippen molar-refractivity contribution in [2.45, 2.75) is 17.6 Å². The number of amides is 1. The van der Waals surface area contributed by atoms with Crippen LogP contribution in [-0.2, 0) is 21.4 Å². The highest BCUT2D eigenvalue weighted by molar-refractivity contribution is 7.92. The van der Waals surface area contributed by atoms with E-state index < -0.39 is 47.6 Å². The Morgan fingerprint density at radius 1 is 0.938 bits per heavy atom. The monoisotopic (exact) mass is 470 g/mol. The third-order valence-electron chi connectivity index (χ3n) is 4.37. The number of hydrogen-bond acceptors (Lipinski definition) is 4. The van der Waals surface area contributed by atoms with Gasteiger partial charge in [-0.25, -0.2) is 12.8 Å². The summed E-state index contributed by atoms with van der Waals surface area (Å²) in [6.07, 6.45) is -3.46. The molecule has 0 radical (unpaired) electrons. The summed E-state index contributed by atoms with van der Waals surface area (Å²) >= 11 is 0. The zero-order valence-electron chi connectivity index (χ0n) is 16.5. The lowest BCUT2D eigenvalue weighted by Gasteiger charge is -2.28. The van der Waals surface area contributed by atoms with Gasteiger partial charge in [0.1, 0.15) is 24.7 Å². The fourth-order valence-electron chi connectivity index (χ4n) is 2.91. The van der Waals surface area contributed by atoms with E-state index in [1.54, 1.807) is 6.07 Å². The molecule has 0 saturated carbocycles. The minimum absolute atomic E-state index is 0.0649. The van der Waals surface area contributed by atoms with Crippen molar-refractivity contribution in [3.8, 4) is 0 Å². The molecule has 0 aliphatic rings. The van der Waals surface area contributed by atoms with E-state index in [0.29, 0.717) is 9.21 Å². The van der Waals surface area contributed by atoms with Crippen molar-refractivity contribution in [1.29, 1.82) is 0 Å². The quantitative estimate of drug-likeness (QED) is 0.463. The first kappa shape index (κ1) is 23.3. The molecule has 3 rings (SSSR count). The molecule has 6 nitrogen and oxygen atoms in total. The normalized spacial score (nSPS) is 11.9. The van der Waals surface area contributed by atoms with Gasteiger partial charge in [-0.05, 0) is 48.5 Å². The molecule has 1 aromatic heterocycles. The Morgan fingerprint density at radius 3 is 2.16 bits per heavy atom. The van der Waals surface area contributed by atoms with Crippen molar-refractivity contribution < 1.29 is 35.2 Å². The lowest BCUT2D eigenvalue weighted by Crippen LogP contribution is -2.45. The van der Waals surface area contributed by atoms with Gasteiger partial charge in [-0.1, -0.05) is 18.2 Å². The number of nitrogens with zero attached hydrogens (tertiary/aromatic N) is 2. The average Bonchev–Trinajstić information content (AvgIpc) is 3.24. The van der Waals surface area contributed by atoms with Crippen LogP contribution in [-0.4, -0.2) is 38.5 Å². The van der Waals surface area contributed by atoms with E-state index in [-0.39, 0.29) is 16.3 Å². The standard InChI is InChI=1S/C21H18F4N2O4S/c22-16-8-10-19(11-9-16)32(29,30)27(17-5-2-1-3-6-17)14-20(28)26(15-21(23,24)25)13-18-7-4-12-31-18/h1-12H,13-15H2. The molecule has 0 aliphatic carbocycles. The van der Waals surface area contributed by atoms with Gasteiger partial charge in [-0.15, -0.1) is 0 Å². The Morgan fingerprint density at radius 2 is 1.59 bits per heavy atom. The first-order valence-electron chi connectivity index (χ1n) is 9.26. The van der Waals surface area contributed by atoms with E-state index in [9.17, 15) is 30.8 Å². The molecule has 0 atom stereocenters. The van der Waals surface area contributed by atoms with Crippen LogP contribution in [0, 0.1) is 5.82 Å². The summed E-state index contributed by atoms with van der Waals surface area (Å²) in [6.45, 7) is -2.99. The van der Waals surface area contributed by atoms with Crippen molar-refractivity contribution in [1.82, 2.24) is 4.90 Å². The Bertz CT molecular complexity index is 1130. The van der Waals surface area contributed by atoms with Crippen molar-refractivity contribution in [2.75, 3.05) is 17.4 Å². The van der Waals surface area contributed by atoms with Crippen molar-refractivity contribution in [2.24, 2.45) is 0 Å². The van der Waals surface area contributed by atoms with E-state index in [4.69, 9.17) is 4.42 Å². The van der Waals surface area contributed by atoms with Crippen molar-refractivity contribution in [3.63, 3.8) is 0 Å². The second kappa shape index (κ2) is 9.43. The summed E-state index contributed by atoms with van der Waals surface area (Å²) in [5, 5.41) is 0. The molecule has 0 N–H and O–H groups in total. The third-order valence-corrected chi connectivity index (χ3v) is 6.16. The van der Waals surface area contributed by atoms with Gasteiger partial charge in [-0.3, -0.25) is 9.10 Å². The number of anilines is 1. The fourth-order valence-corrected chi connectivity index (χ4v) is 4.32. The average molecular weight is 470 g/mol. The van der Waals surface area contributed by atoms with E-state index in [1.807, 2.05) is 0 Å². The summed E-state index contributed by atoms with van der Waals surface area (Å²) in [5.74, 6) is -1.65. The number of rotatable bonds is 8. The molecule has 0 bridgehead atoms. The van der Waals surface area contributed by atoms with Gasteiger partial charge >= 0.3 is 6.18 Å². The molecule has 0 aliphatic heterocycles. The number of hydrogen-bond donors (Lipinski definition) is 0. The number of furan rings is 1. The number of para-hydroxylation sites is 1. The maximum Gasteiger partial charge on any atom is 0.406 e. The summed E-state index contributed by atoms with van der Waals surface area (Å²) in [4.78, 5) is 13.0. The summed E-state index contributed by atoms with van der Waals surface area (Å²) in [7, 11) is -4.39. The number of carbonyl (C=O) groups is 1. The molecule has 0 fully saturated rings. The van der Waals surface area contributed by atoms with Crippen LogP contribution in [0.1, 0.15) is 5.76 Å². The van der Waals surface area contributed by atoms with Crippen LogP contribution in [0.5, 0.6) is 0 Å². The number of sulfonamides is 1. The summed E-state index contributed by atoms with van der Waals surface area (Å²) in [6, 6.07) is 14.2. The maximum absolute atomic E-state index is 13.3. The highest BCUT2D eigenvalue weighted by atomic mass is 32.2. The molecule has 11 heteroatoms. The van der Waals surface area contributed by atoms with Crippen molar-refractivity contribution in [3.05, 3.63) is 84.6 Å². The lowest BCUT2D eigenvalue weighted by atomic mass is 10.3. The van der Waals surface area contributed by atoms with Crippen LogP contribution in [0.4, 0.5) is 23.2 Å². The Labute approximate surface area is 181 Å². The van der Waals surface area contributed by atoms with E-state index in [0.717, 1.165) is 24.3 Å². The van der Waals surface area contributed by atoms with Gasteiger partial charge in [0.2, 0.25) is 5.91 Å². The number of benzene rings is 2. The second-order valence-corrected chi connectivity index (χ2v) is 8.61. The van der Waals surface area contributed by atoms with E-state index >= 15 is 0 Å². The SMILES string of the molecule is O=C(CN(c1ccccc1)S(=O)(=O)c1ccc(F)cc1)N(Cc1ccco1)CC(F)(F)F. The largest absolute Gasteiger partial charge is 0.467 e. The molecule has 170 valence electrons. The Kier molecular flexibility index (Phi) is 6.87. The molecule has 2 aromatic carbocycles. The third kappa shape index (κ3) is 5.88. The van der Waals surface area contributed by atoms with Gasteiger partial charge in [0, 0.05) is 0 Å². The minimum atomic E-state index is -4.71. The molecule has 0 unspecified atom stereocenters. The highest BCUT2D eigenvalue weighted by Crippen LogP contribution is 2.25. The smallest absolute Gasteiger partial charge is 0.406 e. The molecular weight excluding hydrogens is 452 g/mol. The molecule has 0 spiro atoms. The molecule has 1 amide bonds. The lowest BCUT2D eigenvalue weighted by molar-refractivity contribution is -0.161. The summed E-state index contributed by atoms with van der Waals surface area (Å²) < 4.78 is 84.7. The zero-order valence-corrected chi connectivity index (χ0v) is 17.3. The fraction of sp³-hybridized carbons (Fsp3) is 0.190. The molecule has 3 aromatic rings.